The Labute approximate surface area is 170 Å². The number of halogens is 1. The van der Waals surface area contributed by atoms with Crippen molar-refractivity contribution in [3.8, 4) is 0 Å². The maximum atomic E-state index is 13.2. The fourth-order valence-electron chi connectivity index (χ4n) is 5.00. The van der Waals surface area contributed by atoms with Crippen molar-refractivity contribution in [2.45, 2.75) is 32.4 Å². The predicted octanol–water partition coefficient (Wildman–Crippen LogP) is 4.35. The Morgan fingerprint density at radius 1 is 1.14 bits per heavy atom. The topological polar surface area (TPSA) is 39.3 Å². The molecule has 2 aromatic carbocycles. The minimum Gasteiger partial charge on any atom is -0.351 e. The molecule has 2 aliphatic rings. The number of hydrogen-bond acceptors (Lipinski definition) is 2. The Balaban J connectivity index is 1.32. The van der Waals surface area contributed by atoms with Gasteiger partial charge in [0.15, 0.2) is 0 Å². The molecule has 2 aliphatic heterocycles. The molecule has 3 aromatic rings. The number of aromatic amines is 1. The number of aryl methyl sites for hydroxylation is 1. The zero-order chi connectivity index (χ0) is 20.0. The molecule has 3 heterocycles. The van der Waals surface area contributed by atoms with Crippen LogP contribution in [0.2, 0.25) is 0 Å². The first-order valence-electron chi connectivity index (χ1n) is 10.4. The zero-order valence-electron chi connectivity index (χ0n) is 16.7. The molecule has 5 heteroatoms. The van der Waals surface area contributed by atoms with Crippen molar-refractivity contribution in [1.29, 1.82) is 0 Å². The second-order valence-electron chi connectivity index (χ2n) is 8.55. The SMILES string of the molecule is Cc1ccc2[nH]c(C(=O)N3CC4CCCN(Cc5ccc(F)cc5)C4C3)cc2c1. The van der Waals surface area contributed by atoms with Crippen molar-refractivity contribution in [2.75, 3.05) is 19.6 Å². The zero-order valence-corrected chi connectivity index (χ0v) is 16.7. The number of likely N-dealkylation sites (tertiary alicyclic amines) is 2. The van der Waals surface area contributed by atoms with E-state index in [1.54, 1.807) is 0 Å². The minimum absolute atomic E-state index is 0.0926. The Morgan fingerprint density at radius 3 is 2.79 bits per heavy atom. The van der Waals surface area contributed by atoms with E-state index in [1.807, 2.05) is 29.2 Å². The number of nitrogens with one attached hydrogen (secondary N) is 1. The van der Waals surface area contributed by atoms with Crippen molar-refractivity contribution < 1.29 is 9.18 Å². The van der Waals surface area contributed by atoms with Gasteiger partial charge in [-0.1, -0.05) is 23.8 Å². The van der Waals surface area contributed by atoms with E-state index in [0.717, 1.165) is 49.1 Å². The van der Waals surface area contributed by atoms with E-state index in [0.29, 0.717) is 17.7 Å². The summed E-state index contributed by atoms with van der Waals surface area (Å²) >= 11 is 0. The summed E-state index contributed by atoms with van der Waals surface area (Å²) in [5, 5.41) is 1.09. The highest BCUT2D eigenvalue weighted by Gasteiger charge is 2.41. The van der Waals surface area contributed by atoms with E-state index in [1.165, 1.54) is 24.1 Å². The highest BCUT2D eigenvalue weighted by atomic mass is 19.1. The van der Waals surface area contributed by atoms with E-state index < -0.39 is 0 Å². The fraction of sp³-hybridized carbons (Fsp3) is 0.375. The number of carbonyl (C=O) groups excluding carboxylic acids is 1. The van der Waals surface area contributed by atoms with E-state index in [2.05, 4.69) is 28.9 Å². The Hall–Kier alpha value is -2.66. The maximum Gasteiger partial charge on any atom is 0.270 e. The molecule has 0 spiro atoms. The number of fused-ring (bicyclic) bond motifs is 2. The third kappa shape index (κ3) is 3.55. The average Bonchev–Trinajstić information content (AvgIpc) is 3.33. The Morgan fingerprint density at radius 2 is 1.97 bits per heavy atom. The van der Waals surface area contributed by atoms with Gasteiger partial charge in [-0.25, -0.2) is 4.39 Å². The molecule has 1 aromatic heterocycles. The van der Waals surface area contributed by atoms with Gasteiger partial charge in [0.2, 0.25) is 0 Å². The molecule has 2 fully saturated rings. The summed E-state index contributed by atoms with van der Waals surface area (Å²) in [5.41, 5.74) is 4.00. The minimum atomic E-state index is -0.198. The van der Waals surface area contributed by atoms with Gasteiger partial charge in [0.25, 0.3) is 5.91 Å². The lowest BCUT2D eigenvalue weighted by Crippen LogP contribution is -2.44. The molecular formula is C24H26FN3O. The second kappa shape index (κ2) is 7.30. The van der Waals surface area contributed by atoms with Gasteiger partial charge in [-0.3, -0.25) is 9.69 Å². The van der Waals surface area contributed by atoms with E-state index in [9.17, 15) is 9.18 Å². The van der Waals surface area contributed by atoms with Gasteiger partial charge in [-0.05, 0) is 68.1 Å². The molecule has 2 unspecified atom stereocenters. The molecule has 0 saturated carbocycles. The largest absolute Gasteiger partial charge is 0.351 e. The third-order valence-corrected chi connectivity index (χ3v) is 6.49. The van der Waals surface area contributed by atoms with Gasteiger partial charge in [-0.15, -0.1) is 0 Å². The molecule has 2 saturated heterocycles. The fourth-order valence-corrected chi connectivity index (χ4v) is 5.00. The summed E-state index contributed by atoms with van der Waals surface area (Å²) in [6, 6.07) is 15.3. The summed E-state index contributed by atoms with van der Waals surface area (Å²) in [6.07, 6.45) is 2.32. The van der Waals surface area contributed by atoms with Crippen LogP contribution in [0.3, 0.4) is 0 Å². The van der Waals surface area contributed by atoms with Crippen molar-refractivity contribution in [3.05, 3.63) is 71.2 Å². The molecule has 1 amide bonds. The molecule has 0 radical (unpaired) electrons. The molecule has 0 bridgehead atoms. The number of benzene rings is 2. The number of nitrogens with zero attached hydrogens (tertiary/aromatic N) is 2. The van der Waals surface area contributed by atoms with Crippen molar-refractivity contribution >= 4 is 16.8 Å². The lowest BCUT2D eigenvalue weighted by atomic mass is 9.91. The number of amides is 1. The number of hydrogen-bond donors (Lipinski definition) is 1. The lowest BCUT2D eigenvalue weighted by molar-refractivity contribution is 0.0769. The highest BCUT2D eigenvalue weighted by Crippen LogP contribution is 2.32. The summed E-state index contributed by atoms with van der Waals surface area (Å²) < 4.78 is 13.2. The van der Waals surface area contributed by atoms with Gasteiger partial charge >= 0.3 is 0 Å². The number of aromatic nitrogens is 1. The van der Waals surface area contributed by atoms with Gasteiger partial charge < -0.3 is 9.88 Å². The average molecular weight is 391 g/mol. The first kappa shape index (κ1) is 18.4. The van der Waals surface area contributed by atoms with Crippen LogP contribution in [0.4, 0.5) is 4.39 Å². The van der Waals surface area contributed by atoms with Gasteiger partial charge in [0.1, 0.15) is 11.5 Å². The number of piperidine rings is 1. The maximum absolute atomic E-state index is 13.2. The van der Waals surface area contributed by atoms with Gasteiger partial charge in [-0.2, -0.15) is 0 Å². The Bertz CT molecular complexity index is 1040. The number of carbonyl (C=O) groups is 1. The van der Waals surface area contributed by atoms with Crippen LogP contribution in [0, 0.1) is 18.7 Å². The molecule has 29 heavy (non-hydrogen) atoms. The van der Waals surface area contributed by atoms with Crippen LogP contribution >= 0.6 is 0 Å². The van der Waals surface area contributed by atoms with Crippen LogP contribution in [0.1, 0.15) is 34.5 Å². The smallest absolute Gasteiger partial charge is 0.270 e. The quantitative estimate of drug-likeness (QED) is 0.721. The molecule has 2 atom stereocenters. The summed E-state index contributed by atoms with van der Waals surface area (Å²) in [6.45, 7) is 5.49. The first-order chi connectivity index (χ1) is 14.1. The van der Waals surface area contributed by atoms with Crippen molar-refractivity contribution in [1.82, 2.24) is 14.8 Å². The van der Waals surface area contributed by atoms with Crippen molar-refractivity contribution in [2.24, 2.45) is 5.92 Å². The monoisotopic (exact) mass is 391 g/mol. The van der Waals surface area contributed by atoms with Crippen LogP contribution in [-0.2, 0) is 6.54 Å². The van der Waals surface area contributed by atoms with Crippen molar-refractivity contribution in [3.63, 3.8) is 0 Å². The summed E-state index contributed by atoms with van der Waals surface area (Å²) in [4.78, 5) is 21.0. The van der Waals surface area contributed by atoms with Crippen LogP contribution < -0.4 is 0 Å². The van der Waals surface area contributed by atoms with Crippen LogP contribution in [0.5, 0.6) is 0 Å². The van der Waals surface area contributed by atoms with E-state index in [-0.39, 0.29) is 11.7 Å². The first-order valence-corrected chi connectivity index (χ1v) is 10.4. The van der Waals surface area contributed by atoms with Crippen LogP contribution in [0.25, 0.3) is 10.9 Å². The summed E-state index contributed by atoms with van der Waals surface area (Å²) in [5.74, 6) is 0.409. The van der Waals surface area contributed by atoms with Gasteiger partial charge in [0, 0.05) is 36.6 Å². The third-order valence-electron chi connectivity index (χ3n) is 6.49. The van der Waals surface area contributed by atoms with E-state index in [4.69, 9.17) is 0 Å². The Kier molecular flexibility index (Phi) is 4.63. The number of H-pyrrole nitrogens is 1. The molecule has 150 valence electrons. The normalized spacial score (nSPS) is 22.2. The lowest BCUT2D eigenvalue weighted by Gasteiger charge is -2.36. The highest BCUT2D eigenvalue weighted by molar-refractivity contribution is 5.98. The van der Waals surface area contributed by atoms with Crippen LogP contribution in [0.15, 0.2) is 48.5 Å². The second-order valence-corrected chi connectivity index (χ2v) is 8.55. The molecular weight excluding hydrogens is 365 g/mol. The number of rotatable bonds is 3. The predicted molar refractivity (Wildman–Crippen MR) is 112 cm³/mol. The summed E-state index contributed by atoms with van der Waals surface area (Å²) in [7, 11) is 0. The standard InChI is InChI=1S/C24H26FN3O/c1-16-4-9-21-19(11-16)12-22(26-21)24(29)28-14-18-3-2-10-27(23(18)15-28)13-17-5-7-20(25)8-6-17/h4-9,11-12,18,23,26H,2-3,10,13-15H2,1H3. The van der Waals surface area contributed by atoms with E-state index >= 15 is 0 Å². The van der Waals surface area contributed by atoms with Crippen LogP contribution in [-0.4, -0.2) is 46.4 Å². The van der Waals surface area contributed by atoms with Gasteiger partial charge in [0.05, 0.1) is 0 Å². The molecule has 0 aliphatic carbocycles. The molecule has 5 rings (SSSR count). The molecule has 1 N–H and O–H groups in total. The molecule has 4 nitrogen and oxygen atoms in total.